The van der Waals surface area contributed by atoms with E-state index in [-0.39, 0.29) is 5.91 Å². The SMILES string of the molecule is O=C1N(CCC2CCCCC2)CCCC1(O)CNCc1ccccn1. The number of nitrogens with one attached hydrogen (secondary N) is 1. The van der Waals surface area contributed by atoms with E-state index in [1.54, 1.807) is 6.20 Å². The Balaban J connectivity index is 1.47. The zero-order valence-corrected chi connectivity index (χ0v) is 15.1. The number of amides is 1. The van der Waals surface area contributed by atoms with E-state index in [0.717, 1.165) is 37.5 Å². The molecule has 2 N–H and O–H groups in total. The predicted molar refractivity (Wildman–Crippen MR) is 97.9 cm³/mol. The van der Waals surface area contributed by atoms with Gasteiger partial charge < -0.3 is 15.3 Å². The van der Waals surface area contributed by atoms with Gasteiger partial charge in [-0.1, -0.05) is 38.2 Å². The summed E-state index contributed by atoms with van der Waals surface area (Å²) in [6.07, 6.45) is 10.9. The predicted octanol–water partition coefficient (Wildman–Crippen LogP) is 2.50. The summed E-state index contributed by atoms with van der Waals surface area (Å²) in [7, 11) is 0. The van der Waals surface area contributed by atoms with E-state index in [4.69, 9.17) is 0 Å². The van der Waals surface area contributed by atoms with Crippen LogP contribution in [0.3, 0.4) is 0 Å². The molecule has 0 bridgehead atoms. The number of hydrogen-bond donors (Lipinski definition) is 2. The van der Waals surface area contributed by atoms with Crippen molar-refractivity contribution in [3.05, 3.63) is 30.1 Å². The lowest BCUT2D eigenvalue weighted by Gasteiger charge is -2.39. The Morgan fingerprint density at radius 2 is 2.08 bits per heavy atom. The fourth-order valence-corrected chi connectivity index (χ4v) is 4.16. The molecule has 5 nitrogen and oxygen atoms in total. The first-order chi connectivity index (χ1) is 12.2. The van der Waals surface area contributed by atoms with Gasteiger partial charge in [-0.2, -0.15) is 0 Å². The largest absolute Gasteiger partial charge is 0.379 e. The summed E-state index contributed by atoms with van der Waals surface area (Å²) in [6.45, 7) is 2.45. The number of nitrogens with zero attached hydrogens (tertiary/aromatic N) is 2. The highest BCUT2D eigenvalue weighted by Gasteiger charge is 2.41. The summed E-state index contributed by atoms with van der Waals surface area (Å²) < 4.78 is 0. The molecule has 1 aliphatic carbocycles. The smallest absolute Gasteiger partial charge is 0.255 e. The van der Waals surface area contributed by atoms with Gasteiger partial charge in [-0.3, -0.25) is 9.78 Å². The number of hydrogen-bond acceptors (Lipinski definition) is 4. The maximum atomic E-state index is 12.8. The van der Waals surface area contributed by atoms with Crippen LogP contribution >= 0.6 is 0 Å². The maximum absolute atomic E-state index is 12.8. The summed E-state index contributed by atoms with van der Waals surface area (Å²) >= 11 is 0. The number of likely N-dealkylation sites (tertiary alicyclic amines) is 1. The van der Waals surface area contributed by atoms with Crippen LogP contribution in [0.4, 0.5) is 0 Å². The van der Waals surface area contributed by atoms with Crippen LogP contribution in [0, 0.1) is 5.92 Å². The molecular formula is C20H31N3O2. The van der Waals surface area contributed by atoms with Crippen molar-refractivity contribution in [1.82, 2.24) is 15.2 Å². The average molecular weight is 345 g/mol. The second kappa shape index (κ2) is 8.77. The standard InChI is InChI=1S/C20H31N3O2/c24-19-20(25,16-21-15-18-9-4-5-12-22-18)11-6-13-23(19)14-10-17-7-2-1-3-8-17/h4-5,9,12,17,21,25H,1-3,6-8,10-11,13-16H2. The Morgan fingerprint density at radius 1 is 1.24 bits per heavy atom. The van der Waals surface area contributed by atoms with Crippen molar-refractivity contribution < 1.29 is 9.90 Å². The van der Waals surface area contributed by atoms with Crippen molar-refractivity contribution in [3.63, 3.8) is 0 Å². The second-order valence-electron chi connectivity index (χ2n) is 7.64. The number of carbonyl (C=O) groups excluding carboxylic acids is 1. The number of pyridine rings is 1. The molecule has 138 valence electrons. The summed E-state index contributed by atoms with van der Waals surface area (Å²) in [6, 6.07) is 5.76. The Labute approximate surface area is 150 Å². The normalized spacial score (nSPS) is 25.3. The monoisotopic (exact) mass is 345 g/mol. The summed E-state index contributed by atoms with van der Waals surface area (Å²) in [5.74, 6) is 0.668. The van der Waals surface area contributed by atoms with E-state index >= 15 is 0 Å². The zero-order chi connectivity index (χ0) is 17.5. The molecule has 0 radical (unpaired) electrons. The van der Waals surface area contributed by atoms with Crippen molar-refractivity contribution in [2.24, 2.45) is 5.92 Å². The Morgan fingerprint density at radius 3 is 2.84 bits per heavy atom. The van der Waals surface area contributed by atoms with E-state index in [0.29, 0.717) is 19.5 Å². The van der Waals surface area contributed by atoms with Crippen LogP contribution in [0.2, 0.25) is 0 Å². The molecule has 1 atom stereocenters. The number of aromatic nitrogens is 1. The Hall–Kier alpha value is -1.46. The van der Waals surface area contributed by atoms with Gasteiger partial charge >= 0.3 is 0 Å². The van der Waals surface area contributed by atoms with Crippen LogP contribution in [-0.2, 0) is 11.3 Å². The van der Waals surface area contributed by atoms with Gasteiger partial charge in [0.2, 0.25) is 0 Å². The summed E-state index contributed by atoms with van der Waals surface area (Å²) in [4.78, 5) is 18.9. The van der Waals surface area contributed by atoms with E-state index in [9.17, 15) is 9.90 Å². The third kappa shape index (κ3) is 5.02. The van der Waals surface area contributed by atoms with Crippen molar-refractivity contribution >= 4 is 5.91 Å². The molecule has 5 heteroatoms. The van der Waals surface area contributed by atoms with Crippen LogP contribution in [-0.4, -0.2) is 46.1 Å². The third-order valence-electron chi connectivity index (χ3n) is 5.69. The topological polar surface area (TPSA) is 65.5 Å². The van der Waals surface area contributed by atoms with Gasteiger partial charge in [0.05, 0.1) is 5.69 Å². The molecule has 1 saturated carbocycles. The molecule has 2 heterocycles. The minimum absolute atomic E-state index is 0.0944. The molecule has 0 spiro atoms. The van der Waals surface area contributed by atoms with E-state index in [1.807, 2.05) is 23.1 Å². The summed E-state index contributed by atoms with van der Waals surface area (Å²) in [5, 5.41) is 14.1. The Bertz CT molecular complexity index is 545. The molecule has 1 amide bonds. The van der Waals surface area contributed by atoms with Crippen LogP contribution < -0.4 is 5.32 Å². The molecule has 2 fully saturated rings. The second-order valence-corrected chi connectivity index (χ2v) is 7.64. The number of carbonyl (C=O) groups is 1. The Kier molecular flexibility index (Phi) is 6.43. The third-order valence-corrected chi connectivity index (χ3v) is 5.69. The highest BCUT2D eigenvalue weighted by Crippen LogP contribution is 2.28. The summed E-state index contributed by atoms with van der Waals surface area (Å²) in [5.41, 5.74) is -0.344. The molecule has 3 rings (SSSR count). The number of rotatable bonds is 7. The van der Waals surface area contributed by atoms with Crippen molar-refractivity contribution in [2.75, 3.05) is 19.6 Å². The first-order valence-electron chi connectivity index (χ1n) is 9.80. The molecule has 2 aliphatic rings. The molecule has 1 saturated heterocycles. The van der Waals surface area contributed by atoms with Crippen molar-refractivity contribution in [1.29, 1.82) is 0 Å². The maximum Gasteiger partial charge on any atom is 0.255 e. The van der Waals surface area contributed by atoms with E-state index in [2.05, 4.69) is 10.3 Å². The molecular weight excluding hydrogens is 314 g/mol. The van der Waals surface area contributed by atoms with Gasteiger partial charge in [-0.25, -0.2) is 0 Å². The van der Waals surface area contributed by atoms with Crippen LogP contribution in [0.15, 0.2) is 24.4 Å². The van der Waals surface area contributed by atoms with Crippen LogP contribution in [0.5, 0.6) is 0 Å². The highest BCUT2D eigenvalue weighted by atomic mass is 16.3. The lowest BCUT2D eigenvalue weighted by Crippen LogP contribution is -2.58. The molecule has 1 aliphatic heterocycles. The van der Waals surface area contributed by atoms with Gasteiger partial charge in [0.25, 0.3) is 5.91 Å². The van der Waals surface area contributed by atoms with Gasteiger partial charge in [0.15, 0.2) is 5.60 Å². The molecule has 1 aromatic heterocycles. The van der Waals surface area contributed by atoms with Crippen LogP contribution in [0.25, 0.3) is 0 Å². The lowest BCUT2D eigenvalue weighted by molar-refractivity contribution is -0.156. The highest BCUT2D eigenvalue weighted by molar-refractivity contribution is 5.86. The molecule has 1 unspecified atom stereocenters. The van der Waals surface area contributed by atoms with Gasteiger partial charge in [-0.15, -0.1) is 0 Å². The fourth-order valence-electron chi connectivity index (χ4n) is 4.16. The number of piperidine rings is 1. The van der Waals surface area contributed by atoms with Crippen molar-refractivity contribution in [3.8, 4) is 0 Å². The van der Waals surface area contributed by atoms with Crippen molar-refractivity contribution in [2.45, 2.75) is 63.5 Å². The number of aliphatic hydroxyl groups is 1. The average Bonchev–Trinajstić information content (AvgIpc) is 2.65. The molecule has 0 aromatic carbocycles. The van der Waals surface area contributed by atoms with Gasteiger partial charge in [0, 0.05) is 32.4 Å². The quantitative estimate of drug-likeness (QED) is 0.797. The molecule has 1 aromatic rings. The van der Waals surface area contributed by atoms with Gasteiger partial charge in [0.1, 0.15) is 0 Å². The van der Waals surface area contributed by atoms with Crippen LogP contribution in [0.1, 0.15) is 57.1 Å². The zero-order valence-electron chi connectivity index (χ0n) is 15.1. The van der Waals surface area contributed by atoms with E-state index in [1.165, 1.54) is 32.1 Å². The fraction of sp³-hybridized carbons (Fsp3) is 0.700. The van der Waals surface area contributed by atoms with Gasteiger partial charge in [-0.05, 0) is 37.3 Å². The minimum atomic E-state index is -1.26. The lowest BCUT2D eigenvalue weighted by atomic mass is 9.86. The first-order valence-corrected chi connectivity index (χ1v) is 9.80. The van der Waals surface area contributed by atoms with E-state index < -0.39 is 5.60 Å². The molecule has 25 heavy (non-hydrogen) atoms. The minimum Gasteiger partial charge on any atom is -0.379 e. The first kappa shape index (κ1) is 18.3.